The first-order valence-electron chi connectivity index (χ1n) is 7.78. The molecule has 4 heteroatoms. The summed E-state index contributed by atoms with van der Waals surface area (Å²) in [6.45, 7) is 6.09. The van der Waals surface area contributed by atoms with Crippen molar-refractivity contribution in [3.8, 4) is 11.3 Å². The first kappa shape index (κ1) is 15.2. The van der Waals surface area contributed by atoms with E-state index in [1.807, 2.05) is 38.2 Å². The van der Waals surface area contributed by atoms with Gasteiger partial charge in [0.15, 0.2) is 0 Å². The highest BCUT2D eigenvalue weighted by Gasteiger charge is 2.06. The number of aryl methyl sites for hydroxylation is 3. The van der Waals surface area contributed by atoms with Crippen molar-refractivity contribution in [2.24, 2.45) is 0 Å². The van der Waals surface area contributed by atoms with Crippen LogP contribution in [0.25, 0.3) is 11.3 Å². The number of hydrogen-bond acceptors (Lipinski definition) is 4. The smallest absolute Gasteiger partial charge is 0.227 e. The number of pyridine rings is 1. The fourth-order valence-electron chi connectivity index (χ4n) is 2.34. The molecule has 0 atom stereocenters. The van der Waals surface area contributed by atoms with Gasteiger partial charge in [0.2, 0.25) is 5.95 Å². The molecular weight excluding hydrogens is 284 g/mol. The summed E-state index contributed by atoms with van der Waals surface area (Å²) in [4.78, 5) is 13.4. The number of anilines is 2. The van der Waals surface area contributed by atoms with Crippen LogP contribution >= 0.6 is 0 Å². The zero-order valence-corrected chi connectivity index (χ0v) is 13.7. The molecule has 0 saturated carbocycles. The maximum atomic E-state index is 4.61. The van der Waals surface area contributed by atoms with Crippen molar-refractivity contribution in [2.75, 3.05) is 5.32 Å². The molecule has 23 heavy (non-hydrogen) atoms. The summed E-state index contributed by atoms with van der Waals surface area (Å²) in [6.07, 6.45) is 2.88. The van der Waals surface area contributed by atoms with Crippen molar-refractivity contribution in [2.45, 2.75) is 27.2 Å². The van der Waals surface area contributed by atoms with Crippen molar-refractivity contribution >= 4 is 11.6 Å². The highest BCUT2D eigenvalue weighted by atomic mass is 15.1. The van der Waals surface area contributed by atoms with Crippen molar-refractivity contribution in [1.29, 1.82) is 0 Å². The highest BCUT2D eigenvalue weighted by molar-refractivity contribution is 5.62. The van der Waals surface area contributed by atoms with Crippen molar-refractivity contribution in [3.63, 3.8) is 0 Å². The Labute approximate surface area is 136 Å². The molecule has 0 spiro atoms. The minimum absolute atomic E-state index is 0.602. The molecule has 0 aliphatic carbocycles. The summed E-state index contributed by atoms with van der Waals surface area (Å²) >= 11 is 0. The molecule has 0 aliphatic heterocycles. The second kappa shape index (κ2) is 6.57. The van der Waals surface area contributed by atoms with Gasteiger partial charge < -0.3 is 5.32 Å². The van der Waals surface area contributed by atoms with Gasteiger partial charge in [0, 0.05) is 28.8 Å². The molecule has 0 aliphatic rings. The molecule has 0 amide bonds. The Bertz CT molecular complexity index is 793. The van der Waals surface area contributed by atoms with Gasteiger partial charge in [-0.3, -0.25) is 4.98 Å². The van der Waals surface area contributed by atoms with E-state index in [9.17, 15) is 0 Å². The van der Waals surface area contributed by atoms with E-state index in [4.69, 9.17) is 0 Å². The van der Waals surface area contributed by atoms with Gasteiger partial charge in [-0.25, -0.2) is 9.97 Å². The van der Waals surface area contributed by atoms with Gasteiger partial charge in [-0.2, -0.15) is 0 Å². The third-order valence-corrected chi connectivity index (χ3v) is 3.68. The predicted octanol–water partition coefficient (Wildman–Crippen LogP) is 4.46. The van der Waals surface area contributed by atoms with E-state index in [1.165, 1.54) is 5.56 Å². The highest BCUT2D eigenvalue weighted by Crippen LogP contribution is 2.21. The van der Waals surface area contributed by atoms with Crippen LogP contribution in [0.1, 0.15) is 23.9 Å². The van der Waals surface area contributed by atoms with Crippen LogP contribution in [0.15, 0.2) is 48.7 Å². The van der Waals surface area contributed by atoms with E-state index >= 15 is 0 Å². The minimum Gasteiger partial charge on any atom is -0.324 e. The lowest BCUT2D eigenvalue weighted by atomic mass is 10.1. The van der Waals surface area contributed by atoms with Crippen LogP contribution in [0.5, 0.6) is 0 Å². The number of aromatic nitrogens is 3. The van der Waals surface area contributed by atoms with Gasteiger partial charge in [0.05, 0.1) is 5.69 Å². The Morgan fingerprint density at radius 1 is 0.913 bits per heavy atom. The maximum Gasteiger partial charge on any atom is 0.227 e. The summed E-state index contributed by atoms with van der Waals surface area (Å²) in [7, 11) is 0. The normalized spacial score (nSPS) is 10.6. The Balaban J connectivity index is 1.89. The van der Waals surface area contributed by atoms with Crippen molar-refractivity contribution < 1.29 is 0 Å². The van der Waals surface area contributed by atoms with Crippen LogP contribution in [-0.4, -0.2) is 15.0 Å². The molecule has 0 saturated heterocycles. The molecule has 2 heterocycles. The Morgan fingerprint density at radius 2 is 1.70 bits per heavy atom. The van der Waals surface area contributed by atoms with Gasteiger partial charge in [-0.05, 0) is 56.2 Å². The Hall–Kier alpha value is -2.75. The third-order valence-electron chi connectivity index (χ3n) is 3.68. The van der Waals surface area contributed by atoms with E-state index in [2.05, 4.69) is 51.5 Å². The van der Waals surface area contributed by atoms with Crippen LogP contribution in [0, 0.1) is 13.8 Å². The molecular formula is C19H20N4. The SMILES string of the molecule is CCc1ccc(Nc2nc(C)cc(-c3ccc(C)nc3)n2)cc1. The summed E-state index contributed by atoms with van der Waals surface area (Å²) in [6, 6.07) is 14.3. The van der Waals surface area contributed by atoms with E-state index in [0.717, 1.165) is 34.8 Å². The van der Waals surface area contributed by atoms with Crippen molar-refractivity contribution in [3.05, 3.63) is 65.6 Å². The van der Waals surface area contributed by atoms with E-state index in [1.54, 1.807) is 0 Å². The van der Waals surface area contributed by atoms with Crippen LogP contribution in [-0.2, 0) is 6.42 Å². The maximum absolute atomic E-state index is 4.61. The summed E-state index contributed by atoms with van der Waals surface area (Å²) in [5.74, 6) is 0.602. The fourth-order valence-corrected chi connectivity index (χ4v) is 2.34. The zero-order chi connectivity index (χ0) is 16.2. The molecule has 0 bridgehead atoms. The second-order valence-electron chi connectivity index (χ2n) is 5.58. The molecule has 4 nitrogen and oxygen atoms in total. The lowest BCUT2D eigenvalue weighted by Crippen LogP contribution is -2.00. The molecule has 2 aromatic heterocycles. The summed E-state index contributed by atoms with van der Waals surface area (Å²) in [5, 5.41) is 3.27. The van der Waals surface area contributed by atoms with E-state index < -0.39 is 0 Å². The number of benzene rings is 1. The molecule has 1 aromatic carbocycles. The lowest BCUT2D eigenvalue weighted by Gasteiger charge is -2.09. The average Bonchev–Trinajstić information content (AvgIpc) is 2.56. The van der Waals surface area contributed by atoms with E-state index in [0.29, 0.717) is 5.95 Å². The van der Waals surface area contributed by atoms with Crippen LogP contribution in [0.3, 0.4) is 0 Å². The standard InChI is InChI=1S/C19H20N4/c1-4-15-6-9-17(10-7-15)22-19-21-14(3)11-18(23-19)16-8-5-13(2)20-12-16/h5-12H,4H2,1-3H3,(H,21,22,23). The topological polar surface area (TPSA) is 50.7 Å². The number of rotatable bonds is 4. The number of nitrogens with one attached hydrogen (secondary N) is 1. The molecule has 0 radical (unpaired) electrons. The third kappa shape index (κ3) is 3.72. The second-order valence-corrected chi connectivity index (χ2v) is 5.58. The van der Waals surface area contributed by atoms with Gasteiger partial charge in [-0.15, -0.1) is 0 Å². The zero-order valence-electron chi connectivity index (χ0n) is 13.7. The molecule has 0 unspecified atom stereocenters. The van der Waals surface area contributed by atoms with Gasteiger partial charge in [-0.1, -0.05) is 19.1 Å². The Morgan fingerprint density at radius 3 is 2.35 bits per heavy atom. The molecule has 0 fully saturated rings. The van der Waals surface area contributed by atoms with Crippen LogP contribution < -0.4 is 5.32 Å². The number of hydrogen-bond donors (Lipinski definition) is 1. The molecule has 3 rings (SSSR count). The quantitative estimate of drug-likeness (QED) is 0.773. The van der Waals surface area contributed by atoms with Gasteiger partial charge >= 0.3 is 0 Å². The van der Waals surface area contributed by atoms with Gasteiger partial charge in [0.1, 0.15) is 0 Å². The first-order valence-corrected chi connectivity index (χ1v) is 7.78. The summed E-state index contributed by atoms with van der Waals surface area (Å²) < 4.78 is 0. The average molecular weight is 304 g/mol. The molecule has 116 valence electrons. The number of nitrogens with zero attached hydrogens (tertiary/aromatic N) is 3. The molecule has 3 aromatic rings. The first-order chi connectivity index (χ1) is 11.1. The van der Waals surface area contributed by atoms with E-state index in [-0.39, 0.29) is 0 Å². The van der Waals surface area contributed by atoms with Crippen LogP contribution in [0.2, 0.25) is 0 Å². The van der Waals surface area contributed by atoms with Gasteiger partial charge in [0.25, 0.3) is 0 Å². The fraction of sp³-hybridized carbons (Fsp3) is 0.211. The summed E-state index contributed by atoms with van der Waals surface area (Å²) in [5.41, 5.74) is 6.08. The predicted molar refractivity (Wildman–Crippen MR) is 93.8 cm³/mol. The largest absolute Gasteiger partial charge is 0.324 e. The lowest BCUT2D eigenvalue weighted by molar-refractivity contribution is 1.10. The monoisotopic (exact) mass is 304 g/mol. The minimum atomic E-state index is 0.602. The Kier molecular flexibility index (Phi) is 4.33. The van der Waals surface area contributed by atoms with Crippen LogP contribution in [0.4, 0.5) is 11.6 Å². The van der Waals surface area contributed by atoms with Crippen molar-refractivity contribution in [1.82, 2.24) is 15.0 Å². The molecule has 1 N–H and O–H groups in total.